The second-order valence-corrected chi connectivity index (χ2v) is 4.46. The minimum atomic E-state index is 0.493. The van der Waals surface area contributed by atoms with Gasteiger partial charge in [0.15, 0.2) is 0 Å². The predicted octanol–water partition coefficient (Wildman–Crippen LogP) is 3.26. The molecule has 0 radical (unpaired) electrons. The number of benzene rings is 1. The molecule has 2 aromatic rings. The van der Waals surface area contributed by atoms with Crippen LogP contribution in [0.4, 0.5) is 0 Å². The molecule has 1 heterocycles. The molecule has 0 atom stereocenters. The number of nitrogens with zero attached hydrogens (tertiary/aromatic N) is 1. The smallest absolute Gasteiger partial charge is 0.219 e. The van der Waals surface area contributed by atoms with E-state index >= 15 is 0 Å². The van der Waals surface area contributed by atoms with Gasteiger partial charge in [-0.2, -0.15) is 0 Å². The van der Waals surface area contributed by atoms with Crippen LogP contribution in [0.5, 0.6) is 11.6 Å². The fourth-order valence-corrected chi connectivity index (χ4v) is 1.82. The average Bonchev–Trinajstić information content (AvgIpc) is 2.34. The average molecular weight is 242 g/mol. The number of pyridine rings is 1. The number of aryl methyl sites for hydroxylation is 2. The monoisotopic (exact) mass is 242 g/mol. The molecule has 0 amide bonds. The van der Waals surface area contributed by atoms with Crippen LogP contribution in [0.2, 0.25) is 0 Å². The van der Waals surface area contributed by atoms with Crippen LogP contribution in [0.3, 0.4) is 0 Å². The second kappa shape index (κ2) is 5.19. The van der Waals surface area contributed by atoms with Gasteiger partial charge < -0.3 is 10.5 Å². The summed E-state index contributed by atoms with van der Waals surface area (Å²) < 4.78 is 5.85. The molecule has 0 bridgehead atoms. The number of hydrogen-bond donors (Lipinski definition) is 1. The Hall–Kier alpha value is -1.87. The van der Waals surface area contributed by atoms with E-state index in [1.807, 2.05) is 38.1 Å². The summed E-state index contributed by atoms with van der Waals surface area (Å²) in [6, 6.07) is 9.85. The SMILES string of the molecule is Cc1cc(CN)cc(Oc2cccc(C)c2C)n1. The molecule has 0 aliphatic rings. The van der Waals surface area contributed by atoms with E-state index in [2.05, 4.69) is 18.0 Å². The van der Waals surface area contributed by atoms with Gasteiger partial charge in [-0.05, 0) is 49.6 Å². The maximum absolute atomic E-state index is 5.85. The highest BCUT2D eigenvalue weighted by molar-refractivity contribution is 5.40. The van der Waals surface area contributed by atoms with Gasteiger partial charge in [-0.25, -0.2) is 4.98 Å². The molecule has 3 heteroatoms. The standard InChI is InChI=1S/C15H18N2O/c1-10-5-4-6-14(12(10)3)18-15-8-13(9-16)7-11(2)17-15/h4-8H,9,16H2,1-3H3. The van der Waals surface area contributed by atoms with Crippen molar-refractivity contribution in [2.24, 2.45) is 5.73 Å². The Morgan fingerprint density at radius 3 is 2.67 bits per heavy atom. The third kappa shape index (κ3) is 2.68. The van der Waals surface area contributed by atoms with Crippen molar-refractivity contribution in [3.63, 3.8) is 0 Å². The Labute approximate surface area is 108 Å². The normalized spacial score (nSPS) is 10.4. The van der Waals surface area contributed by atoms with Gasteiger partial charge in [-0.15, -0.1) is 0 Å². The minimum absolute atomic E-state index is 0.493. The molecule has 0 spiro atoms. The first-order valence-electron chi connectivity index (χ1n) is 6.02. The van der Waals surface area contributed by atoms with Gasteiger partial charge in [0.25, 0.3) is 0 Å². The molecule has 2 rings (SSSR count). The molecule has 3 nitrogen and oxygen atoms in total. The van der Waals surface area contributed by atoms with Gasteiger partial charge in [0.05, 0.1) is 0 Å². The maximum Gasteiger partial charge on any atom is 0.219 e. The van der Waals surface area contributed by atoms with Crippen molar-refractivity contribution in [3.05, 3.63) is 52.7 Å². The Balaban J connectivity index is 2.34. The van der Waals surface area contributed by atoms with Crippen LogP contribution in [-0.2, 0) is 6.54 Å². The molecule has 1 aromatic heterocycles. The Morgan fingerprint density at radius 2 is 1.94 bits per heavy atom. The zero-order valence-electron chi connectivity index (χ0n) is 11.0. The van der Waals surface area contributed by atoms with E-state index in [4.69, 9.17) is 10.5 Å². The Morgan fingerprint density at radius 1 is 1.17 bits per heavy atom. The molecule has 0 saturated carbocycles. The van der Waals surface area contributed by atoms with E-state index < -0.39 is 0 Å². The number of ether oxygens (including phenoxy) is 1. The first kappa shape index (κ1) is 12.6. The zero-order valence-corrected chi connectivity index (χ0v) is 11.0. The molecule has 0 aliphatic carbocycles. The molecule has 0 fully saturated rings. The van der Waals surface area contributed by atoms with Crippen molar-refractivity contribution in [3.8, 4) is 11.6 Å². The molecule has 0 aliphatic heterocycles. The molecule has 0 saturated heterocycles. The summed E-state index contributed by atoms with van der Waals surface area (Å²) in [5.41, 5.74) is 9.94. The van der Waals surface area contributed by atoms with Crippen LogP contribution < -0.4 is 10.5 Å². The first-order valence-corrected chi connectivity index (χ1v) is 6.02. The van der Waals surface area contributed by atoms with E-state index in [1.54, 1.807) is 0 Å². The van der Waals surface area contributed by atoms with E-state index in [1.165, 1.54) is 5.56 Å². The lowest BCUT2D eigenvalue weighted by Gasteiger charge is -2.11. The third-order valence-electron chi connectivity index (χ3n) is 2.99. The van der Waals surface area contributed by atoms with E-state index in [9.17, 15) is 0 Å². The zero-order chi connectivity index (χ0) is 13.1. The molecule has 1 aromatic carbocycles. The topological polar surface area (TPSA) is 48.1 Å². The van der Waals surface area contributed by atoms with Crippen molar-refractivity contribution in [2.45, 2.75) is 27.3 Å². The number of aromatic nitrogens is 1. The minimum Gasteiger partial charge on any atom is -0.439 e. The van der Waals surface area contributed by atoms with Crippen molar-refractivity contribution in [1.29, 1.82) is 0 Å². The highest BCUT2D eigenvalue weighted by Crippen LogP contribution is 2.26. The molecule has 2 N–H and O–H groups in total. The Kier molecular flexibility index (Phi) is 3.63. The summed E-state index contributed by atoms with van der Waals surface area (Å²) in [7, 11) is 0. The van der Waals surface area contributed by atoms with E-state index in [-0.39, 0.29) is 0 Å². The van der Waals surface area contributed by atoms with Crippen LogP contribution in [0.25, 0.3) is 0 Å². The second-order valence-electron chi connectivity index (χ2n) is 4.46. The van der Waals surface area contributed by atoms with Crippen LogP contribution in [0, 0.1) is 20.8 Å². The van der Waals surface area contributed by atoms with Crippen LogP contribution in [-0.4, -0.2) is 4.98 Å². The van der Waals surface area contributed by atoms with Gasteiger partial charge in [0.1, 0.15) is 5.75 Å². The molecule has 94 valence electrons. The highest BCUT2D eigenvalue weighted by Gasteiger charge is 2.05. The number of rotatable bonds is 3. The lowest BCUT2D eigenvalue weighted by Crippen LogP contribution is -2.00. The summed E-state index contributed by atoms with van der Waals surface area (Å²) in [6.45, 7) is 6.54. The van der Waals surface area contributed by atoms with Gasteiger partial charge in [-0.1, -0.05) is 12.1 Å². The van der Waals surface area contributed by atoms with Crippen molar-refractivity contribution in [1.82, 2.24) is 4.98 Å². The summed E-state index contributed by atoms with van der Waals surface area (Å²) >= 11 is 0. The van der Waals surface area contributed by atoms with Gasteiger partial charge in [0, 0.05) is 18.3 Å². The van der Waals surface area contributed by atoms with Gasteiger partial charge in [0.2, 0.25) is 5.88 Å². The summed E-state index contributed by atoms with van der Waals surface area (Å²) in [5.74, 6) is 1.44. The van der Waals surface area contributed by atoms with Crippen molar-refractivity contribution >= 4 is 0 Å². The largest absolute Gasteiger partial charge is 0.439 e. The number of nitrogens with two attached hydrogens (primary N) is 1. The molecular weight excluding hydrogens is 224 g/mol. The van der Waals surface area contributed by atoms with Crippen molar-refractivity contribution in [2.75, 3.05) is 0 Å². The van der Waals surface area contributed by atoms with Crippen LogP contribution in [0.1, 0.15) is 22.4 Å². The van der Waals surface area contributed by atoms with Crippen molar-refractivity contribution < 1.29 is 4.74 Å². The fourth-order valence-electron chi connectivity index (χ4n) is 1.82. The lowest BCUT2D eigenvalue weighted by molar-refractivity contribution is 0.457. The summed E-state index contributed by atoms with van der Waals surface area (Å²) in [6.07, 6.45) is 0. The maximum atomic E-state index is 5.85. The van der Waals surface area contributed by atoms with Gasteiger partial charge >= 0.3 is 0 Å². The Bertz CT molecular complexity index is 564. The van der Waals surface area contributed by atoms with E-state index in [0.29, 0.717) is 12.4 Å². The van der Waals surface area contributed by atoms with Gasteiger partial charge in [-0.3, -0.25) is 0 Å². The fraction of sp³-hybridized carbons (Fsp3) is 0.267. The first-order chi connectivity index (χ1) is 8.60. The molecular formula is C15H18N2O. The summed E-state index contributed by atoms with van der Waals surface area (Å²) in [5, 5.41) is 0. The summed E-state index contributed by atoms with van der Waals surface area (Å²) in [4.78, 5) is 4.37. The molecule has 0 unspecified atom stereocenters. The number of hydrogen-bond acceptors (Lipinski definition) is 3. The van der Waals surface area contributed by atoms with Crippen LogP contribution >= 0.6 is 0 Å². The van der Waals surface area contributed by atoms with Crippen LogP contribution in [0.15, 0.2) is 30.3 Å². The quantitative estimate of drug-likeness (QED) is 0.898. The molecule has 18 heavy (non-hydrogen) atoms. The predicted molar refractivity (Wildman–Crippen MR) is 72.9 cm³/mol. The third-order valence-corrected chi connectivity index (χ3v) is 2.99. The van der Waals surface area contributed by atoms with E-state index in [0.717, 1.165) is 22.6 Å². The highest BCUT2D eigenvalue weighted by atomic mass is 16.5. The lowest BCUT2D eigenvalue weighted by atomic mass is 10.1.